The first-order valence-corrected chi connectivity index (χ1v) is 4.91. The van der Waals surface area contributed by atoms with Crippen LogP contribution in [0.3, 0.4) is 0 Å². The van der Waals surface area contributed by atoms with E-state index in [9.17, 15) is 4.79 Å². The lowest BCUT2D eigenvalue weighted by atomic mass is 10.4. The van der Waals surface area contributed by atoms with Crippen molar-refractivity contribution >= 4 is 5.91 Å². The number of rotatable bonds is 4. The second-order valence-electron chi connectivity index (χ2n) is 3.19. The molecule has 1 aromatic rings. The molecule has 2 rings (SSSR count). The summed E-state index contributed by atoms with van der Waals surface area (Å²) in [7, 11) is 0. The molecule has 1 N–H and O–H groups in total. The second-order valence-corrected chi connectivity index (χ2v) is 3.19. The summed E-state index contributed by atoms with van der Waals surface area (Å²) in [6.07, 6.45) is 1.95. The molecule has 0 aliphatic carbocycles. The van der Waals surface area contributed by atoms with Gasteiger partial charge in [0.2, 0.25) is 0 Å². The minimum absolute atomic E-state index is 0.179. The first-order chi connectivity index (χ1) is 7.36. The van der Waals surface area contributed by atoms with Crippen molar-refractivity contribution in [3.63, 3.8) is 0 Å². The molecule has 0 saturated carbocycles. The smallest absolute Gasteiger partial charge is 0.286 e. The highest BCUT2D eigenvalue weighted by molar-refractivity contribution is 5.91. The zero-order chi connectivity index (χ0) is 10.5. The molecular weight excluding hydrogens is 198 g/mol. The van der Waals surface area contributed by atoms with Gasteiger partial charge in [0.15, 0.2) is 12.1 Å². The van der Waals surface area contributed by atoms with Gasteiger partial charge < -0.3 is 19.2 Å². The highest BCUT2D eigenvalue weighted by Gasteiger charge is 2.16. The van der Waals surface area contributed by atoms with E-state index < -0.39 is 0 Å². The quantitative estimate of drug-likeness (QED) is 0.799. The molecule has 0 bridgehead atoms. The normalized spacial score (nSPS) is 16.8. The Bertz CT molecular complexity index is 303. The predicted molar refractivity (Wildman–Crippen MR) is 51.4 cm³/mol. The summed E-state index contributed by atoms with van der Waals surface area (Å²) in [5, 5.41) is 2.72. The Morgan fingerprint density at radius 3 is 2.93 bits per heavy atom. The summed E-state index contributed by atoms with van der Waals surface area (Å²) >= 11 is 0. The molecule has 0 atom stereocenters. The van der Waals surface area contributed by atoms with Gasteiger partial charge in [-0.1, -0.05) is 0 Å². The van der Waals surface area contributed by atoms with Crippen molar-refractivity contribution in [1.82, 2.24) is 5.32 Å². The Morgan fingerprint density at radius 2 is 2.27 bits per heavy atom. The maximum Gasteiger partial charge on any atom is 0.286 e. The summed E-state index contributed by atoms with van der Waals surface area (Å²) in [4.78, 5) is 11.4. The fourth-order valence-corrected chi connectivity index (χ4v) is 1.37. The molecule has 1 fully saturated rings. The lowest BCUT2D eigenvalue weighted by Gasteiger charge is -2.08. The van der Waals surface area contributed by atoms with Crippen LogP contribution in [0.5, 0.6) is 0 Å². The van der Waals surface area contributed by atoms with Crippen LogP contribution in [0.25, 0.3) is 0 Å². The number of hydrogen-bond donors (Lipinski definition) is 1. The van der Waals surface area contributed by atoms with Crippen LogP contribution in [0.2, 0.25) is 0 Å². The van der Waals surface area contributed by atoms with Crippen molar-refractivity contribution in [3.8, 4) is 0 Å². The van der Waals surface area contributed by atoms with Gasteiger partial charge in [-0.2, -0.15) is 0 Å². The second kappa shape index (κ2) is 4.95. The number of carbonyl (C=O) groups is 1. The summed E-state index contributed by atoms with van der Waals surface area (Å²) in [6.45, 7) is 1.79. The fraction of sp³-hybridized carbons (Fsp3) is 0.500. The van der Waals surface area contributed by atoms with Gasteiger partial charge in [0, 0.05) is 13.0 Å². The third-order valence-corrected chi connectivity index (χ3v) is 2.10. The fourth-order valence-electron chi connectivity index (χ4n) is 1.37. The Hall–Kier alpha value is -1.33. The highest BCUT2D eigenvalue weighted by Crippen LogP contribution is 2.06. The van der Waals surface area contributed by atoms with Crippen molar-refractivity contribution in [1.29, 1.82) is 0 Å². The van der Waals surface area contributed by atoms with Crippen molar-refractivity contribution in [3.05, 3.63) is 24.2 Å². The molecule has 2 heterocycles. The molecule has 5 nitrogen and oxygen atoms in total. The van der Waals surface area contributed by atoms with E-state index in [4.69, 9.17) is 13.9 Å². The van der Waals surface area contributed by atoms with Crippen molar-refractivity contribution in [2.75, 3.05) is 19.8 Å². The van der Waals surface area contributed by atoms with Crippen LogP contribution < -0.4 is 5.32 Å². The van der Waals surface area contributed by atoms with Crippen LogP contribution in [0, 0.1) is 0 Å². The minimum atomic E-state index is -0.210. The maximum atomic E-state index is 11.4. The summed E-state index contributed by atoms with van der Waals surface area (Å²) in [5.41, 5.74) is 0. The van der Waals surface area contributed by atoms with Gasteiger partial charge in [-0.3, -0.25) is 4.79 Å². The molecule has 1 amide bonds. The third-order valence-electron chi connectivity index (χ3n) is 2.10. The van der Waals surface area contributed by atoms with Crippen molar-refractivity contribution in [2.24, 2.45) is 0 Å². The molecule has 0 radical (unpaired) electrons. The van der Waals surface area contributed by atoms with Gasteiger partial charge in [0.25, 0.3) is 5.91 Å². The molecule has 1 saturated heterocycles. The molecule has 1 aromatic heterocycles. The van der Waals surface area contributed by atoms with E-state index in [0.29, 0.717) is 31.9 Å². The van der Waals surface area contributed by atoms with Crippen LogP contribution in [-0.2, 0) is 9.47 Å². The molecule has 0 aromatic carbocycles. The van der Waals surface area contributed by atoms with E-state index in [2.05, 4.69) is 5.32 Å². The average Bonchev–Trinajstić information content (AvgIpc) is 2.90. The van der Waals surface area contributed by atoms with Crippen molar-refractivity contribution in [2.45, 2.75) is 12.7 Å². The van der Waals surface area contributed by atoms with E-state index in [1.54, 1.807) is 12.1 Å². The zero-order valence-electron chi connectivity index (χ0n) is 8.27. The third kappa shape index (κ3) is 2.81. The SMILES string of the molecule is O=C(NCCC1OCCO1)c1ccco1. The van der Waals surface area contributed by atoms with E-state index >= 15 is 0 Å². The van der Waals surface area contributed by atoms with Crippen LogP contribution in [0.15, 0.2) is 22.8 Å². The Kier molecular flexibility index (Phi) is 3.37. The molecule has 82 valence electrons. The largest absolute Gasteiger partial charge is 0.459 e. The lowest BCUT2D eigenvalue weighted by molar-refractivity contribution is -0.0456. The standard InChI is InChI=1S/C10H13NO4/c12-10(8-2-1-5-13-8)11-4-3-9-14-6-7-15-9/h1-2,5,9H,3-4,6-7H2,(H,11,12). The van der Waals surface area contributed by atoms with Gasteiger partial charge in [-0.25, -0.2) is 0 Å². The van der Waals surface area contributed by atoms with Gasteiger partial charge in [-0.05, 0) is 12.1 Å². The molecule has 1 aliphatic heterocycles. The van der Waals surface area contributed by atoms with E-state index in [1.165, 1.54) is 6.26 Å². The van der Waals surface area contributed by atoms with Gasteiger partial charge in [-0.15, -0.1) is 0 Å². The average molecular weight is 211 g/mol. The number of hydrogen-bond acceptors (Lipinski definition) is 4. The first kappa shape index (κ1) is 10.2. The van der Waals surface area contributed by atoms with E-state index in [-0.39, 0.29) is 12.2 Å². The highest BCUT2D eigenvalue weighted by atomic mass is 16.7. The van der Waals surface area contributed by atoms with Gasteiger partial charge in [0.1, 0.15) is 0 Å². The molecule has 1 aliphatic rings. The number of carbonyl (C=O) groups excluding carboxylic acids is 1. The number of amides is 1. The topological polar surface area (TPSA) is 60.7 Å². The monoisotopic (exact) mass is 211 g/mol. The summed E-state index contributed by atoms with van der Waals surface area (Å²) in [6, 6.07) is 3.30. The zero-order valence-corrected chi connectivity index (χ0v) is 8.27. The van der Waals surface area contributed by atoms with Crippen LogP contribution >= 0.6 is 0 Å². The number of furan rings is 1. The molecule has 5 heteroatoms. The maximum absolute atomic E-state index is 11.4. The van der Waals surface area contributed by atoms with Gasteiger partial charge >= 0.3 is 0 Å². The lowest BCUT2D eigenvalue weighted by Crippen LogP contribution is -2.27. The predicted octanol–water partition coefficient (Wildman–Crippen LogP) is 0.772. The Balaban J connectivity index is 1.67. The van der Waals surface area contributed by atoms with E-state index in [0.717, 1.165) is 0 Å². The van der Waals surface area contributed by atoms with Crippen LogP contribution in [-0.4, -0.2) is 32.0 Å². The minimum Gasteiger partial charge on any atom is -0.459 e. The molecule has 15 heavy (non-hydrogen) atoms. The van der Waals surface area contributed by atoms with Crippen LogP contribution in [0.4, 0.5) is 0 Å². The van der Waals surface area contributed by atoms with Crippen LogP contribution in [0.1, 0.15) is 17.0 Å². The first-order valence-electron chi connectivity index (χ1n) is 4.91. The Morgan fingerprint density at radius 1 is 1.47 bits per heavy atom. The molecule has 0 unspecified atom stereocenters. The molecular formula is C10H13NO4. The number of ether oxygens (including phenoxy) is 2. The number of nitrogens with one attached hydrogen (secondary N) is 1. The van der Waals surface area contributed by atoms with E-state index in [1.807, 2.05) is 0 Å². The molecule has 0 spiro atoms. The summed E-state index contributed by atoms with van der Waals surface area (Å²) in [5.74, 6) is 0.112. The van der Waals surface area contributed by atoms with Gasteiger partial charge in [0.05, 0.1) is 19.5 Å². The summed E-state index contributed by atoms with van der Waals surface area (Å²) < 4.78 is 15.4. The van der Waals surface area contributed by atoms with Crippen molar-refractivity contribution < 1.29 is 18.7 Å². The Labute approximate surface area is 87.3 Å².